The summed E-state index contributed by atoms with van der Waals surface area (Å²) in [6.45, 7) is 0.508. The molecule has 2 aromatic heterocycles. The number of hydrogen-bond donors (Lipinski definition) is 1. The molecule has 0 unspecified atom stereocenters. The Morgan fingerprint density at radius 2 is 2.00 bits per heavy atom. The van der Waals surface area contributed by atoms with E-state index in [0.29, 0.717) is 30.0 Å². The van der Waals surface area contributed by atoms with E-state index in [0.717, 1.165) is 4.57 Å². The van der Waals surface area contributed by atoms with Crippen molar-refractivity contribution >= 4 is 11.2 Å². The Kier molecular flexibility index (Phi) is 2.84. The fourth-order valence-corrected chi connectivity index (χ4v) is 1.69. The Morgan fingerprint density at radius 1 is 1.29 bits per heavy atom. The van der Waals surface area contributed by atoms with Crippen molar-refractivity contribution in [2.45, 2.75) is 6.42 Å². The van der Waals surface area contributed by atoms with Gasteiger partial charge in [-0.25, -0.2) is 9.78 Å². The molecule has 2 rings (SSSR count). The van der Waals surface area contributed by atoms with Crippen LogP contribution in [-0.2, 0) is 25.3 Å². The summed E-state index contributed by atoms with van der Waals surface area (Å²) >= 11 is 0. The highest BCUT2D eigenvalue weighted by atomic mass is 16.5. The number of imidazole rings is 1. The highest BCUT2D eigenvalue weighted by molar-refractivity contribution is 5.69. The van der Waals surface area contributed by atoms with Gasteiger partial charge in [-0.2, -0.15) is 0 Å². The Morgan fingerprint density at radius 3 is 2.65 bits per heavy atom. The molecule has 7 heteroatoms. The maximum absolute atomic E-state index is 11.8. The number of hydrogen-bond acceptors (Lipinski definition) is 4. The minimum absolute atomic E-state index is 0.348. The number of rotatable bonds is 3. The molecule has 1 N–H and O–H groups in total. The van der Waals surface area contributed by atoms with Crippen LogP contribution in [0.1, 0.15) is 5.82 Å². The summed E-state index contributed by atoms with van der Waals surface area (Å²) in [6, 6.07) is 0. The molecule has 17 heavy (non-hydrogen) atoms. The number of methoxy groups -OCH3 is 1. The van der Waals surface area contributed by atoms with Gasteiger partial charge in [0, 0.05) is 27.6 Å². The maximum Gasteiger partial charge on any atom is 0.332 e. The monoisotopic (exact) mass is 238 g/mol. The average molecular weight is 238 g/mol. The largest absolute Gasteiger partial charge is 0.384 e. The van der Waals surface area contributed by atoms with Crippen LogP contribution in [0.2, 0.25) is 0 Å². The van der Waals surface area contributed by atoms with E-state index in [4.69, 9.17) is 4.74 Å². The Bertz CT molecular complexity index is 664. The topological polar surface area (TPSA) is 81.9 Å². The Balaban J connectivity index is 2.69. The second-order valence-electron chi connectivity index (χ2n) is 3.83. The summed E-state index contributed by atoms with van der Waals surface area (Å²) in [5, 5.41) is 0. The summed E-state index contributed by atoms with van der Waals surface area (Å²) in [6.07, 6.45) is 0.572. The number of nitrogens with one attached hydrogen (secondary N) is 1. The summed E-state index contributed by atoms with van der Waals surface area (Å²) in [5.74, 6) is 0.639. The second-order valence-corrected chi connectivity index (χ2v) is 3.83. The van der Waals surface area contributed by atoms with Crippen molar-refractivity contribution in [3.63, 3.8) is 0 Å². The molecule has 0 radical (unpaired) electrons. The van der Waals surface area contributed by atoms with Gasteiger partial charge in [-0.15, -0.1) is 0 Å². The van der Waals surface area contributed by atoms with Crippen molar-refractivity contribution in [3.8, 4) is 0 Å². The molecule has 0 aliphatic heterocycles. The standard InChI is InChI=1S/C10H14N4O3/c1-13-8-7(9(15)14(2)10(13)16)11-6(12-8)4-5-17-3/h4-5H2,1-3H3,(H,11,12). The number of H-pyrrole nitrogens is 1. The van der Waals surface area contributed by atoms with Crippen molar-refractivity contribution in [2.75, 3.05) is 13.7 Å². The molecule has 0 saturated carbocycles. The molecule has 0 aliphatic rings. The van der Waals surface area contributed by atoms with Gasteiger partial charge in [-0.05, 0) is 0 Å². The van der Waals surface area contributed by atoms with E-state index < -0.39 is 0 Å². The van der Waals surface area contributed by atoms with Crippen LogP contribution in [0.3, 0.4) is 0 Å². The average Bonchev–Trinajstić information content (AvgIpc) is 2.75. The number of nitrogens with zero attached hydrogens (tertiary/aromatic N) is 3. The van der Waals surface area contributed by atoms with Gasteiger partial charge in [-0.1, -0.05) is 0 Å². The lowest BCUT2D eigenvalue weighted by Gasteiger charge is -2.00. The summed E-state index contributed by atoms with van der Waals surface area (Å²) in [7, 11) is 4.63. The highest BCUT2D eigenvalue weighted by Crippen LogP contribution is 2.04. The fraction of sp³-hybridized carbons (Fsp3) is 0.500. The van der Waals surface area contributed by atoms with Gasteiger partial charge in [0.05, 0.1) is 6.61 Å². The Hall–Kier alpha value is -1.89. The third-order valence-corrected chi connectivity index (χ3v) is 2.69. The van der Waals surface area contributed by atoms with Gasteiger partial charge in [0.25, 0.3) is 5.56 Å². The molecule has 0 bridgehead atoms. The fourth-order valence-electron chi connectivity index (χ4n) is 1.69. The predicted octanol–water partition coefficient (Wildman–Crippen LogP) is -0.851. The third-order valence-electron chi connectivity index (χ3n) is 2.69. The van der Waals surface area contributed by atoms with Gasteiger partial charge in [0.1, 0.15) is 11.3 Å². The van der Waals surface area contributed by atoms with Crippen molar-refractivity contribution in [1.29, 1.82) is 0 Å². The number of fused-ring (bicyclic) bond motifs is 1. The zero-order valence-electron chi connectivity index (χ0n) is 9.98. The van der Waals surface area contributed by atoms with Crippen LogP contribution in [-0.4, -0.2) is 32.8 Å². The van der Waals surface area contributed by atoms with Crippen molar-refractivity contribution in [3.05, 3.63) is 26.7 Å². The SMILES string of the molecule is COCCc1nc2c([nH]1)c(=O)n(C)c(=O)n2C. The van der Waals surface area contributed by atoms with Gasteiger partial charge in [0.15, 0.2) is 5.65 Å². The lowest BCUT2D eigenvalue weighted by Crippen LogP contribution is -2.36. The molecule has 0 amide bonds. The van der Waals surface area contributed by atoms with Crippen molar-refractivity contribution < 1.29 is 4.74 Å². The maximum atomic E-state index is 11.8. The second kappa shape index (κ2) is 4.17. The number of aromatic nitrogens is 4. The number of aryl methyl sites for hydroxylation is 1. The van der Waals surface area contributed by atoms with Gasteiger partial charge >= 0.3 is 5.69 Å². The van der Waals surface area contributed by atoms with Crippen molar-refractivity contribution in [2.24, 2.45) is 14.1 Å². The minimum Gasteiger partial charge on any atom is -0.384 e. The van der Waals surface area contributed by atoms with E-state index >= 15 is 0 Å². The first kappa shape index (κ1) is 11.6. The summed E-state index contributed by atoms with van der Waals surface area (Å²) in [4.78, 5) is 30.7. The van der Waals surface area contributed by atoms with Crippen molar-refractivity contribution in [1.82, 2.24) is 19.1 Å². The molecular weight excluding hydrogens is 224 g/mol. The van der Waals surface area contributed by atoms with Gasteiger partial charge < -0.3 is 9.72 Å². The van der Waals surface area contributed by atoms with Crippen LogP contribution in [0.5, 0.6) is 0 Å². The zero-order valence-corrected chi connectivity index (χ0v) is 9.98. The minimum atomic E-state index is -0.382. The Labute approximate surface area is 96.7 Å². The quantitative estimate of drug-likeness (QED) is 0.755. The van der Waals surface area contributed by atoms with E-state index in [-0.39, 0.29) is 11.2 Å². The lowest BCUT2D eigenvalue weighted by molar-refractivity contribution is 0.201. The number of aromatic amines is 1. The third kappa shape index (κ3) is 1.78. The van der Waals surface area contributed by atoms with Crippen LogP contribution in [0.4, 0.5) is 0 Å². The van der Waals surface area contributed by atoms with Gasteiger partial charge in [0.2, 0.25) is 0 Å². The molecule has 92 valence electrons. The van der Waals surface area contributed by atoms with Crippen LogP contribution < -0.4 is 11.2 Å². The van der Waals surface area contributed by atoms with Crippen LogP contribution in [0, 0.1) is 0 Å². The smallest absolute Gasteiger partial charge is 0.332 e. The highest BCUT2D eigenvalue weighted by Gasteiger charge is 2.12. The van der Waals surface area contributed by atoms with Crippen LogP contribution in [0.25, 0.3) is 11.2 Å². The molecule has 7 nitrogen and oxygen atoms in total. The summed E-state index contributed by atoms with van der Waals surface area (Å²) < 4.78 is 7.34. The van der Waals surface area contributed by atoms with E-state index in [1.165, 1.54) is 11.6 Å². The van der Waals surface area contributed by atoms with E-state index in [2.05, 4.69) is 9.97 Å². The van der Waals surface area contributed by atoms with E-state index in [1.54, 1.807) is 14.2 Å². The zero-order chi connectivity index (χ0) is 12.6. The number of ether oxygens (including phenoxy) is 1. The van der Waals surface area contributed by atoms with Crippen LogP contribution in [0.15, 0.2) is 9.59 Å². The molecule has 0 aromatic carbocycles. The molecule has 0 spiro atoms. The first-order valence-electron chi connectivity index (χ1n) is 5.19. The molecule has 0 aliphatic carbocycles. The first-order chi connectivity index (χ1) is 8.06. The van der Waals surface area contributed by atoms with E-state index in [9.17, 15) is 9.59 Å². The predicted molar refractivity (Wildman–Crippen MR) is 62.2 cm³/mol. The molecule has 2 aromatic rings. The summed E-state index contributed by atoms with van der Waals surface area (Å²) in [5.41, 5.74) is -0.0172. The normalized spacial score (nSPS) is 11.2. The molecule has 0 saturated heterocycles. The first-order valence-corrected chi connectivity index (χ1v) is 5.19. The molecule has 2 heterocycles. The molecule has 0 fully saturated rings. The van der Waals surface area contributed by atoms with E-state index in [1.807, 2.05) is 0 Å². The lowest BCUT2D eigenvalue weighted by atomic mass is 10.4. The molecular formula is C10H14N4O3. The molecule has 0 atom stereocenters. The van der Waals surface area contributed by atoms with Gasteiger partial charge in [-0.3, -0.25) is 13.9 Å². The van der Waals surface area contributed by atoms with Crippen LogP contribution >= 0.6 is 0 Å².